The second-order valence-corrected chi connectivity index (χ2v) is 17.4. The van der Waals surface area contributed by atoms with E-state index in [9.17, 15) is 14.4 Å². The SMILES string of the molecule is CC/C=C\C/C=C\C/C=C\C/C=C\C/C=C\C/C=C\CCC(=O)O[C@H](COC(=O)CCCCCCC/C=C\C/C=C\CCCCC)COC(=O)CCCCCCCCCCCCCCC. The lowest BCUT2D eigenvalue weighted by Gasteiger charge is -2.18. The molecular formula is C59H98O6. The van der Waals surface area contributed by atoms with Gasteiger partial charge in [0.05, 0.1) is 0 Å². The highest BCUT2D eigenvalue weighted by Crippen LogP contribution is 2.14. The highest BCUT2D eigenvalue weighted by molar-refractivity contribution is 5.71. The molecule has 6 heteroatoms. The van der Waals surface area contributed by atoms with Gasteiger partial charge in [-0.1, -0.05) is 227 Å². The molecule has 0 aliphatic heterocycles. The summed E-state index contributed by atoms with van der Waals surface area (Å²) in [7, 11) is 0. The molecule has 6 nitrogen and oxygen atoms in total. The normalized spacial score (nSPS) is 12.8. The van der Waals surface area contributed by atoms with Crippen molar-refractivity contribution >= 4 is 17.9 Å². The number of hydrogen-bond acceptors (Lipinski definition) is 6. The molecule has 370 valence electrons. The topological polar surface area (TPSA) is 78.9 Å². The summed E-state index contributed by atoms with van der Waals surface area (Å²) in [5, 5.41) is 0. The number of ether oxygens (including phenoxy) is 3. The van der Waals surface area contributed by atoms with Crippen molar-refractivity contribution in [2.45, 2.75) is 245 Å². The van der Waals surface area contributed by atoms with Crippen LogP contribution in [0.3, 0.4) is 0 Å². The van der Waals surface area contributed by atoms with Crippen LogP contribution in [0.2, 0.25) is 0 Å². The standard InChI is InChI=1S/C59H98O6/c1-4-7-10-13-16-19-22-25-27-28-29-30-32-35-38-41-44-47-50-53-59(62)65-56(54-63-57(60)51-48-45-42-39-36-33-24-21-18-15-12-9-6-3)55-64-58(61)52-49-46-43-40-37-34-31-26-23-20-17-14-11-8-5-2/h7,10,16-17,19-20,25-27,29-31,35,38,44,47,56H,4-6,8-9,11-15,18,21-24,28,32-34,36-37,39-43,45-46,48-55H2,1-3H3/b10-7-,19-16-,20-17-,27-25-,30-29-,31-26-,38-35-,47-44-/t56-/m0/s1. The smallest absolute Gasteiger partial charge is 0.306 e. The van der Waals surface area contributed by atoms with Crippen LogP contribution in [-0.2, 0) is 28.6 Å². The molecular weight excluding hydrogens is 805 g/mol. The molecule has 0 aliphatic rings. The average molecular weight is 903 g/mol. The second-order valence-electron chi connectivity index (χ2n) is 17.4. The van der Waals surface area contributed by atoms with Gasteiger partial charge in [0.2, 0.25) is 0 Å². The summed E-state index contributed by atoms with van der Waals surface area (Å²) in [5.41, 5.74) is 0. The maximum atomic E-state index is 12.8. The molecule has 0 N–H and O–H groups in total. The summed E-state index contributed by atoms with van der Waals surface area (Å²) < 4.78 is 16.7. The van der Waals surface area contributed by atoms with Gasteiger partial charge in [0.15, 0.2) is 6.10 Å². The Morgan fingerprint density at radius 3 is 1.03 bits per heavy atom. The molecule has 0 bridgehead atoms. The molecule has 0 saturated heterocycles. The summed E-state index contributed by atoms with van der Waals surface area (Å²) in [5.74, 6) is -1.01. The van der Waals surface area contributed by atoms with E-state index in [1.165, 1.54) is 89.9 Å². The van der Waals surface area contributed by atoms with Crippen molar-refractivity contribution in [2.75, 3.05) is 13.2 Å². The number of carbonyl (C=O) groups is 3. The van der Waals surface area contributed by atoms with Gasteiger partial charge in [-0.25, -0.2) is 0 Å². The van der Waals surface area contributed by atoms with Gasteiger partial charge < -0.3 is 14.2 Å². The van der Waals surface area contributed by atoms with Crippen molar-refractivity contribution in [3.8, 4) is 0 Å². The molecule has 0 aromatic carbocycles. The van der Waals surface area contributed by atoms with Gasteiger partial charge in [-0.3, -0.25) is 14.4 Å². The van der Waals surface area contributed by atoms with Crippen molar-refractivity contribution in [2.24, 2.45) is 0 Å². The van der Waals surface area contributed by atoms with Gasteiger partial charge in [0.25, 0.3) is 0 Å². The first-order valence-electron chi connectivity index (χ1n) is 26.7. The third kappa shape index (κ3) is 51.2. The van der Waals surface area contributed by atoms with E-state index in [2.05, 4.69) is 106 Å². The second kappa shape index (κ2) is 52.9. The predicted octanol–water partition coefficient (Wildman–Crippen LogP) is 17.8. The van der Waals surface area contributed by atoms with E-state index >= 15 is 0 Å². The largest absolute Gasteiger partial charge is 0.462 e. The maximum absolute atomic E-state index is 12.8. The van der Waals surface area contributed by atoms with E-state index in [0.29, 0.717) is 19.3 Å². The molecule has 0 heterocycles. The molecule has 0 radical (unpaired) electrons. The summed E-state index contributed by atoms with van der Waals surface area (Å²) >= 11 is 0. The quantitative estimate of drug-likeness (QED) is 0.0262. The zero-order valence-corrected chi connectivity index (χ0v) is 42.2. The highest BCUT2D eigenvalue weighted by atomic mass is 16.6. The zero-order valence-electron chi connectivity index (χ0n) is 42.2. The van der Waals surface area contributed by atoms with Crippen LogP contribution >= 0.6 is 0 Å². The van der Waals surface area contributed by atoms with Gasteiger partial charge >= 0.3 is 17.9 Å². The lowest BCUT2D eigenvalue weighted by atomic mass is 10.0. The molecule has 0 unspecified atom stereocenters. The first kappa shape index (κ1) is 61.3. The van der Waals surface area contributed by atoms with Crippen LogP contribution in [0.25, 0.3) is 0 Å². The Hall–Kier alpha value is -3.67. The number of allylic oxidation sites excluding steroid dienone is 16. The summed E-state index contributed by atoms with van der Waals surface area (Å²) in [6.45, 7) is 6.42. The monoisotopic (exact) mass is 903 g/mol. The van der Waals surface area contributed by atoms with Gasteiger partial charge in [0, 0.05) is 19.3 Å². The van der Waals surface area contributed by atoms with Crippen molar-refractivity contribution in [3.63, 3.8) is 0 Å². The van der Waals surface area contributed by atoms with E-state index in [0.717, 1.165) is 103 Å². The summed E-state index contributed by atoms with van der Waals surface area (Å²) in [4.78, 5) is 38.0. The molecule has 0 saturated carbocycles. The molecule has 0 aromatic rings. The van der Waals surface area contributed by atoms with Crippen molar-refractivity contribution < 1.29 is 28.6 Å². The Morgan fingerprint density at radius 2 is 0.631 bits per heavy atom. The van der Waals surface area contributed by atoms with Gasteiger partial charge in [-0.05, 0) is 89.9 Å². The van der Waals surface area contributed by atoms with Crippen molar-refractivity contribution in [3.05, 3.63) is 97.2 Å². The third-order valence-corrected chi connectivity index (χ3v) is 11.1. The molecule has 0 spiro atoms. The summed E-state index contributed by atoms with van der Waals surface area (Å²) in [6.07, 6.45) is 69.7. The van der Waals surface area contributed by atoms with Gasteiger partial charge in [0.1, 0.15) is 13.2 Å². The third-order valence-electron chi connectivity index (χ3n) is 11.1. The van der Waals surface area contributed by atoms with E-state index in [1.807, 2.05) is 12.2 Å². The minimum absolute atomic E-state index is 0.111. The van der Waals surface area contributed by atoms with Crippen molar-refractivity contribution in [1.82, 2.24) is 0 Å². The molecule has 0 aromatic heterocycles. The summed E-state index contributed by atoms with van der Waals surface area (Å²) in [6, 6.07) is 0. The fourth-order valence-corrected chi connectivity index (χ4v) is 7.09. The number of rotatable bonds is 47. The first-order chi connectivity index (χ1) is 32.0. The van der Waals surface area contributed by atoms with E-state index in [-0.39, 0.29) is 31.6 Å². The molecule has 0 fully saturated rings. The van der Waals surface area contributed by atoms with Crippen LogP contribution in [0.1, 0.15) is 239 Å². The zero-order chi connectivity index (χ0) is 47.2. The molecule has 0 amide bonds. The number of carbonyl (C=O) groups excluding carboxylic acids is 3. The Kier molecular flexibility index (Phi) is 50.0. The van der Waals surface area contributed by atoms with Crippen LogP contribution in [0.4, 0.5) is 0 Å². The lowest BCUT2D eigenvalue weighted by molar-refractivity contribution is -0.166. The van der Waals surface area contributed by atoms with Crippen LogP contribution in [0, 0.1) is 0 Å². The van der Waals surface area contributed by atoms with Crippen LogP contribution in [0.15, 0.2) is 97.2 Å². The van der Waals surface area contributed by atoms with Gasteiger partial charge in [-0.15, -0.1) is 0 Å². The highest BCUT2D eigenvalue weighted by Gasteiger charge is 2.19. The van der Waals surface area contributed by atoms with E-state index < -0.39 is 12.1 Å². The number of hydrogen-bond donors (Lipinski definition) is 0. The minimum atomic E-state index is -0.822. The van der Waals surface area contributed by atoms with Gasteiger partial charge in [-0.2, -0.15) is 0 Å². The van der Waals surface area contributed by atoms with Crippen LogP contribution in [0.5, 0.6) is 0 Å². The fraction of sp³-hybridized carbons (Fsp3) is 0.678. The Balaban J connectivity index is 4.53. The predicted molar refractivity (Wildman–Crippen MR) is 279 cm³/mol. The maximum Gasteiger partial charge on any atom is 0.306 e. The molecule has 65 heavy (non-hydrogen) atoms. The van der Waals surface area contributed by atoms with E-state index in [1.54, 1.807) is 0 Å². The lowest BCUT2D eigenvalue weighted by Crippen LogP contribution is -2.30. The number of esters is 3. The Labute approximate surface area is 400 Å². The average Bonchev–Trinajstić information content (AvgIpc) is 3.30. The van der Waals surface area contributed by atoms with Crippen LogP contribution in [-0.4, -0.2) is 37.2 Å². The Bertz CT molecular complexity index is 1310. The first-order valence-corrected chi connectivity index (χ1v) is 26.7. The minimum Gasteiger partial charge on any atom is -0.462 e. The fourth-order valence-electron chi connectivity index (χ4n) is 7.09. The Morgan fingerprint density at radius 1 is 0.323 bits per heavy atom. The van der Waals surface area contributed by atoms with Crippen molar-refractivity contribution in [1.29, 1.82) is 0 Å². The molecule has 0 rings (SSSR count). The molecule has 1 atom stereocenters. The van der Waals surface area contributed by atoms with Crippen LogP contribution < -0.4 is 0 Å². The van der Waals surface area contributed by atoms with E-state index in [4.69, 9.17) is 14.2 Å². The molecule has 0 aliphatic carbocycles. The number of unbranched alkanes of at least 4 members (excludes halogenated alkanes) is 20.